The van der Waals surface area contributed by atoms with Crippen LogP contribution in [0.3, 0.4) is 0 Å². The molecule has 2 saturated heterocycles. The lowest BCUT2D eigenvalue weighted by molar-refractivity contribution is 0.255. The largest absolute Gasteiger partial charge is 0.330 e. The van der Waals surface area contributed by atoms with E-state index in [0.29, 0.717) is 38.6 Å². The van der Waals surface area contributed by atoms with Crippen LogP contribution in [0, 0.1) is 11.3 Å². The van der Waals surface area contributed by atoms with Crippen LogP contribution in [0.4, 0.5) is 0 Å². The average molecular weight is 303 g/mol. The first-order valence-electron chi connectivity index (χ1n) is 7.80. The molecule has 5 nitrogen and oxygen atoms in total. The van der Waals surface area contributed by atoms with Gasteiger partial charge in [-0.1, -0.05) is 13.8 Å². The second-order valence-electron chi connectivity index (χ2n) is 7.00. The van der Waals surface area contributed by atoms with E-state index in [1.165, 1.54) is 0 Å². The zero-order valence-corrected chi connectivity index (χ0v) is 13.7. The van der Waals surface area contributed by atoms with Crippen LogP contribution < -0.4 is 5.73 Å². The number of piperidine rings is 1. The Kier molecular flexibility index (Phi) is 5.10. The van der Waals surface area contributed by atoms with E-state index in [4.69, 9.17) is 5.73 Å². The summed E-state index contributed by atoms with van der Waals surface area (Å²) in [6.45, 7) is 7.72. The minimum Gasteiger partial charge on any atom is -0.330 e. The van der Waals surface area contributed by atoms with Crippen molar-refractivity contribution in [3.8, 4) is 0 Å². The maximum atomic E-state index is 12.7. The van der Waals surface area contributed by atoms with E-state index >= 15 is 0 Å². The molecule has 2 aliphatic heterocycles. The molecule has 6 heteroatoms. The highest BCUT2D eigenvalue weighted by Gasteiger charge is 2.35. The van der Waals surface area contributed by atoms with Crippen molar-refractivity contribution in [1.82, 2.24) is 8.61 Å². The lowest BCUT2D eigenvalue weighted by Crippen LogP contribution is -2.48. The predicted molar refractivity (Wildman–Crippen MR) is 81.5 cm³/mol. The number of hydrogen-bond acceptors (Lipinski definition) is 3. The molecule has 0 spiro atoms. The molecule has 0 unspecified atom stereocenters. The van der Waals surface area contributed by atoms with Crippen molar-refractivity contribution in [2.45, 2.75) is 46.0 Å². The third-order valence-electron chi connectivity index (χ3n) is 4.86. The van der Waals surface area contributed by atoms with Gasteiger partial charge >= 0.3 is 0 Å². The molecule has 0 bridgehead atoms. The highest BCUT2D eigenvalue weighted by molar-refractivity contribution is 7.86. The van der Waals surface area contributed by atoms with E-state index in [2.05, 4.69) is 13.8 Å². The highest BCUT2D eigenvalue weighted by atomic mass is 32.2. The summed E-state index contributed by atoms with van der Waals surface area (Å²) in [5.74, 6) is 0.490. The van der Waals surface area contributed by atoms with Crippen molar-refractivity contribution in [1.29, 1.82) is 0 Å². The van der Waals surface area contributed by atoms with Crippen molar-refractivity contribution < 1.29 is 8.42 Å². The van der Waals surface area contributed by atoms with Gasteiger partial charge in [-0.25, -0.2) is 0 Å². The van der Waals surface area contributed by atoms with Crippen molar-refractivity contribution in [3.63, 3.8) is 0 Å². The number of rotatable bonds is 3. The molecule has 2 aliphatic rings. The van der Waals surface area contributed by atoms with E-state index in [1.807, 2.05) is 0 Å². The quantitative estimate of drug-likeness (QED) is 0.857. The Bertz CT molecular complexity index is 414. The Morgan fingerprint density at radius 2 is 1.65 bits per heavy atom. The molecule has 2 N–H and O–H groups in total. The fourth-order valence-electron chi connectivity index (χ4n) is 3.17. The van der Waals surface area contributed by atoms with Gasteiger partial charge in [0.2, 0.25) is 0 Å². The summed E-state index contributed by atoms with van der Waals surface area (Å²) in [6.07, 6.45) is 4.81. The number of nitrogens with zero attached hydrogens (tertiary/aromatic N) is 2. The molecule has 0 saturated carbocycles. The van der Waals surface area contributed by atoms with Crippen LogP contribution in [0.5, 0.6) is 0 Å². The molecule has 0 radical (unpaired) electrons. The summed E-state index contributed by atoms with van der Waals surface area (Å²) in [7, 11) is -3.26. The van der Waals surface area contributed by atoms with Crippen LogP contribution in [0.25, 0.3) is 0 Å². The van der Waals surface area contributed by atoms with Crippen LogP contribution in [0.2, 0.25) is 0 Å². The van der Waals surface area contributed by atoms with E-state index in [-0.39, 0.29) is 5.41 Å². The minimum absolute atomic E-state index is 0.261. The van der Waals surface area contributed by atoms with E-state index < -0.39 is 10.2 Å². The summed E-state index contributed by atoms with van der Waals surface area (Å²) in [5, 5.41) is 0. The Hall–Kier alpha value is -0.170. The molecule has 0 aromatic carbocycles. The molecule has 0 amide bonds. The first-order valence-corrected chi connectivity index (χ1v) is 9.20. The first kappa shape index (κ1) is 16.2. The molecule has 0 aromatic rings. The van der Waals surface area contributed by atoms with Crippen LogP contribution >= 0.6 is 0 Å². The molecule has 20 heavy (non-hydrogen) atoms. The summed E-state index contributed by atoms with van der Waals surface area (Å²) in [6, 6.07) is 0. The van der Waals surface area contributed by atoms with Gasteiger partial charge in [0.1, 0.15) is 0 Å². The Labute approximate surface area is 123 Å². The zero-order chi connectivity index (χ0) is 14.8. The first-order chi connectivity index (χ1) is 9.35. The molecule has 0 atom stereocenters. The highest BCUT2D eigenvalue weighted by Crippen LogP contribution is 2.31. The van der Waals surface area contributed by atoms with Gasteiger partial charge in [-0.15, -0.1) is 0 Å². The predicted octanol–water partition coefficient (Wildman–Crippen LogP) is 1.41. The third-order valence-corrected chi connectivity index (χ3v) is 6.89. The van der Waals surface area contributed by atoms with Crippen molar-refractivity contribution in [2.75, 3.05) is 32.7 Å². The van der Waals surface area contributed by atoms with Crippen LogP contribution in [0.15, 0.2) is 0 Å². The molecular formula is C14H29N3O2S. The average Bonchev–Trinajstić information content (AvgIpc) is 2.60. The molecule has 0 aliphatic carbocycles. The normalized spacial score (nSPS) is 27.4. The maximum absolute atomic E-state index is 12.7. The third kappa shape index (κ3) is 3.72. The van der Waals surface area contributed by atoms with Crippen molar-refractivity contribution >= 4 is 10.2 Å². The summed E-state index contributed by atoms with van der Waals surface area (Å²) < 4.78 is 28.8. The summed E-state index contributed by atoms with van der Waals surface area (Å²) in [5.41, 5.74) is 5.93. The Morgan fingerprint density at radius 1 is 1.05 bits per heavy atom. The van der Waals surface area contributed by atoms with Gasteiger partial charge in [0.05, 0.1) is 0 Å². The summed E-state index contributed by atoms with van der Waals surface area (Å²) in [4.78, 5) is 0. The minimum atomic E-state index is -3.26. The zero-order valence-electron chi connectivity index (χ0n) is 12.8. The molecule has 2 fully saturated rings. The molecule has 2 rings (SSSR count). The second kappa shape index (κ2) is 6.30. The second-order valence-corrected chi connectivity index (χ2v) is 8.93. The number of nitrogens with two attached hydrogens (primary N) is 1. The molecule has 2 heterocycles. The molecular weight excluding hydrogens is 274 g/mol. The van der Waals surface area contributed by atoms with Gasteiger partial charge in [-0.2, -0.15) is 17.0 Å². The van der Waals surface area contributed by atoms with Crippen molar-refractivity contribution in [3.05, 3.63) is 0 Å². The van der Waals surface area contributed by atoms with Gasteiger partial charge in [-0.05, 0) is 50.0 Å². The van der Waals surface area contributed by atoms with E-state index in [9.17, 15) is 8.42 Å². The van der Waals surface area contributed by atoms with Gasteiger partial charge in [-0.3, -0.25) is 0 Å². The molecule has 118 valence electrons. The monoisotopic (exact) mass is 303 g/mol. The number of hydrogen-bond donors (Lipinski definition) is 1. The SMILES string of the molecule is CC1(C)CCCN(S(=O)(=O)N2CCC(CN)CC2)CC1. The standard InChI is InChI=1S/C14H29N3O2S/c1-14(2)6-3-8-16(11-7-14)20(18,19)17-9-4-13(12-15)5-10-17/h13H,3-12,15H2,1-2H3. The van der Waals surface area contributed by atoms with E-state index in [0.717, 1.165) is 32.1 Å². The van der Waals surface area contributed by atoms with Gasteiger partial charge in [0.15, 0.2) is 0 Å². The van der Waals surface area contributed by atoms with Gasteiger partial charge in [0, 0.05) is 26.2 Å². The maximum Gasteiger partial charge on any atom is 0.281 e. The Morgan fingerprint density at radius 3 is 2.25 bits per heavy atom. The fourth-order valence-corrected chi connectivity index (χ4v) is 4.85. The fraction of sp³-hybridized carbons (Fsp3) is 1.00. The van der Waals surface area contributed by atoms with Crippen LogP contribution in [0.1, 0.15) is 46.0 Å². The Balaban J connectivity index is 2.00. The van der Waals surface area contributed by atoms with Crippen molar-refractivity contribution in [2.24, 2.45) is 17.1 Å². The smallest absolute Gasteiger partial charge is 0.281 e. The van der Waals surface area contributed by atoms with Gasteiger partial charge < -0.3 is 5.73 Å². The lowest BCUT2D eigenvalue weighted by Gasteiger charge is -2.34. The van der Waals surface area contributed by atoms with Crippen LogP contribution in [-0.4, -0.2) is 49.8 Å². The van der Waals surface area contributed by atoms with E-state index in [1.54, 1.807) is 8.61 Å². The summed E-state index contributed by atoms with van der Waals surface area (Å²) >= 11 is 0. The van der Waals surface area contributed by atoms with Gasteiger partial charge in [0.25, 0.3) is 10.2 Å². The molecule has 0 aromatic heterocycles. The lowest BCUT2D eigenvalue weighted by atomic mass is 9.85. The topological polar surface area (TPSA) is 66.6 Å². The van der Waals surface area contributed by atoms with Crippen LogP contribution in [-0.2, 0) is 10.2 Å².